The Morgan fingerprint density at radius 1 is 0.463 bits per heavy atom. The topological polar surface area (TPSA) is 31.0 Å². The van der Waals surface area contributed by atoms with Gasteiger partial charge in [0.1, 0.15) is 5.52 Å². The van der Waals surface area contributed by atoms with Crippen molar-refractivity contribution in [1.82, 2.24) is 9.55 Å². The summed E-state index contributed by atoms with van der Waals surface area (Å²) in [6.45, 7) is 13.5. The lowest BCUT2D eigenvalue weighted by molar-refractivity contribution is 0.552. The zero-order valence-electron chi connectivity index (χ0n) is 31.8. The fourth-order valence-electron chi connectivity index (χ4n) is 7.87. The highest BCUT2D eigenvalue weighted by Crippen LogP contribution is 2.42. The van der Waals surface area contributed by atoms with Gasteiger partial charge in [-0.3, -0.25) is 0 Å². The molecule has 0 fully saturated rings. The summed E-state index contributed by atoms with van der Waals surface area (Å²) in [7, 11) is 0. The van der Waals surface area contributed by atoms with Crippen molar-refractivity contribution >= 4 is 32.9 Å². The van der Waals surface area contributed by atoms with Crippen LogP contribution in [0.4, 0.5) is 0 Å². The first kappa shape index (κ1) is 33.6. The number of para-hydroxylation sites is 2. The standard InChI is InChI=1S/C51H44N2O/c1-50(2,3)36-31-44(51(4,5)6)48-45(32-36)52-49(54-48)34-26-24-33(25-27-34)38-18-10-12-20-40(38)41-21-13-11-19-39(41)35-28-29-47-43(30-35)42-22-14-15-23-46(42)53(47)37-16-8-7-9-17-37/h7-32H,1-6H3. The maximum absolute atomic E-state index is 6.55. The molecular weight excluding hydrogens is 657 g/mol. The van der Waals surface area contributed by atoms with Crippen molar-refractivity contribution in [2.75, 3.05) is 0 Å². The third kappa shape index (κ3) is 5.81. The third-order valence-corrected chi connectivity index (χ3v) is 10.7. The van der Waals surface area contributed by atoms with E-state index in [1.807, 2.05) is 0 Å². The van der Waals surface area contributed by atoms with Crippen molar-refractivity contribution < 1.29 is 4.42 Å². The van der Waals surface area contributed by atoms with Gasteiger partial charge in [0.05, 0.1) is 11.0 Å². The Balaban J connectivity index is 1.11. The summed E-state index contributed by atoms with van der Waals surface area (Å²) in [6, 6.07) is 56.9. The van der Waals surface area contributed by atoms with Crippen LogP contribution in [-0.4, -0.2) is 9.55 Å². The van der Waals surface area contributed by atoms with E-state index in [-0.39, 0.29) is 10.8 Å². The summed E-state index contributed by atoms with van der Waals surface area (Å²) in [5, 5.41) is 2.49. The molecule has 0 saturated carbocycles. The Labute approximate surface area is 317 Å². The van der Waals surface area contributed by atoms with Crippen LogP contribution in [-0.2, 0) is 10.8 Å². The van der Waals surface area contributed by atoms with Crippen LogP contribution >= 0.6 is 0 Å². The summed E-state index contributed by atoms with van der Waals surface area (Å²) < 4.78 is 8.92. The molecule has 54 heavy (non-hydrogen) atoms. The van der Waals surface area contributed by atoms with E-state index in [4.69, 9.17) is 9.40 Å². The maximum Gasteiger partial charge on any atom is 0.227 e. The smallest absolute Gasteiger partial charge is 0.227 e. The summed E-state index contributed by atoms with van der Waals surface area (Å²) in [5.74, 6) is 0.649. The molecule has 0 N–H and O–H groups in total. The molecular formula is C51H44N2O. The first-order chi connectivity index (χ1) is 26.0. The minimum absolute atomic E-state index is 0.0104. The lowest BCUT2D eigenvalue weighted by Gasteiger charge is -2.24. The maximum atomic E-state index is 6.55. The Kier molecular flexibility index (Phi) is 7.94. The Morgan fingerprint density at radius 3 is 1.69 bits per heavy atom. The molecule has 7 aromatic carbocycles. The fourth-order valence-corrected chi connectivity index (χ4v) is 7.87. The molecule has 0 bridgehead atoms. The number of rotatable bonds is 5. The second-order valence-electron chi connectivity index (χ2n) is 16.5. The number of hydrogen-bond acceptors (Lipinski definition) is 2. The number of oxazole rings is 1. The van der Waals surface area contributed by atoms with Gasteiger partial charge in [-0.2, -0.15) is 0 Å². The van der Waals surface area contributed by atoms with Crippen LogP contribution in [0.25, 0.3) is 83.4 Å². The molecule has 9 aromatic rings. The van der Waals surface area contributed by atoms with E-state index in [0.717, 1.165) is 27.9 Å². The number of nitrogens with zero attached hydrogens (tertiary/aromatic N) is 2. The molecule has 264 valence electrons. The van der Waals surface area contributed by atoms with Crippen molar-refractivity contribution in [3.8, 4) is 50.5 Å². The minimum atomic E-state index is -0.0764. The normalized spacial score (nSPS) is 12.3. The Morgan fingerprint density at radius 2 is 1.02 bits per heavy atom. The van der Waals surface area contributed by atoms with Gasteiger partial charge in [0.2, 0.25) is 5.89 Å². The van der Waals surface area contributed by atoms with Crippen molar-refractivity contribution in [3.63, 3.8) is 0 Å². The van der Waals surface area contributed by atoms with Gasteiger partial charge in [0, 0.05) is 27.6 Å². The fraction of sp³-hybridized carbons (Fsp3) is 0.157. The van der Waals surface area contributed by atoms with Crippen molar-refractivity contribution in [1.29, 1.82) is 0 Å². The molecule has 0 amide bonds. The van der Waals surface area contributed by atoms with E-state index in [1.54, 1.807) is 0 Å². The zero-order valence-corrected chi connectivity index (χ0v) is 31.8. The van der Waals surface area contributed by atoms with E-state index in [9.17, 15) is 0 Å². The second-order valence-corrected chi connectivity index (χ2v) is 16.5. The second kappa shape index (κ2) is 12.7. The average Bonchev–Trinajstić information content (AvgIpc) is 3.76. The van der Waals surface area contributed by atoms with Crippen molar-refractivity contribution in [2.24, 2.45) is 0 Å². The predicted octanol–water partition coefficient (Wildman–Crippen LogP) is 14.2. The highest BCUT2D eigenvalue weighted by atomic mass is 16.3. The summed E-state index contributed by atoms with van der Waals surface area (Å²) >= 11 is 0. The molecule has 3 heteroatoms. The average molecular weight is 701 g/mol. The van der Waals surface area contributed by atoms with Crippen LogP contribution < -0.4 is 0 Å². The monoisotopic (exact) mass is 700 g/mol. The quantitative estimate of drug-likeness (QED) is 0.179. The van der Waals surface area contributed by atoms with Gasteiger partial charge in [-0.15, -0.1) is 0 Å². The molecule has 0 aliphatic carbocycles. The number of benzene rings is 7. The number of hydrogen-bond donors (Lipinski definition) is 0. The van der Waals surface area contributed by atoms with Gasteiger partial charge >= 0.3 is 0 Å². The first-order valence-electron chi connectivity index (χ1n) is 18.9. The SMILES string of the molecule is CC(C)(C)c1cc(C(C)(C)C)c2oc(-c3ccc(-c4ccccc4-c4ccccc4-c4ccc5c(c4)c4ccccc4n5-c4ccccc4)cc3)nc2c1. The molecule has 0 spiro atoms. The van der Waals surface area contributed by atoms with Crippen LogP contribution in [0.3, 0.4) is 0 Å². The van der Waals surface area contributed by atoms with E-state index in [0.29, 0.717) is 5.89 Å². The lowest BCUT2D eigenvalue weighted by Crippen LogP contribution is -2.16. The van der Waals surface area contributed by atoms with Gasteiger partial charge in [-0.1, -0.05) is 151 Å². The van der Waals surface area contributed by atoms with Crippen LogP contribution in [0.2, 0.25) is 0 Å². The number of aromatic nitrogens is 2. The molecule has 0 radical (unpaired) electrons. The van der Waals surface area contributed by atoms with E-state index in [1.165, 1.54) is 60.8 Å². The molecule has 0 aliphatic heterocycles. The van der Waals surface area contributed by atoms with Crippen LogP contribution in [0.15, 0.2) is 162 Å². The summed E-state index contributed by atoms with van der Waals surface area (Å²) in [5.41, 5.74) is 15.8. The molecule has 0 atom stereocenters. The highest BCUT2D eigenvalue weighted by molar-refractivity contribution is 6.11. The van der Waals surface area contributed by atoms with Gasteiger partial charge in [0.15, 0.2) is 5.58 Å². The Hall–Kier alpha value is -6.19. The molecule has 0 unspecified atom stereocenters. The zero-order chi connectivity index (χ0) is 37.2. The van der Waals surface area contributed by atoms with E-state index in [2.05, 4.69) is 204 Å². The predicted molar refractivity (Wildman–Crippen MR) is 227 cm³/mol. The van der Waals surface area contributed by atoms with Crippen molar-refractivity contribution in [3.05, 3.63) is 169 Å². The Bertz CT molecular complexity index is 2820. The first-order valence-corrected chi connectivity index (χ1v) is 18.9. The molecule has 2 heterocycles. The van der Waals surface area contributed by atoms with Gasteiger partial charge < -0.3 is 8.98 Å². The largest absolute Gasteiger partial charge is 0.436 e. The summed E-state index contributed by atoms with van der Waals surface area (Å²) in [6.07, 6.45) is 0. The molecule has 3 nitrogen and oxygen atoms in total. The highest BCUT2D eigenvalue weighted by Gasteiger charge is 2.26. The molecule has 0 aliphatic rings. The molecule has 2 aromatic heterocycles. The van der Waals surface area contributed by atoms with Gasteiger partial charge in [-0.05, 0) is 98.3 Å². The number of fused-ring (bicyclic) bond motifs is 4. The van der Waals surface area contributed by atoms with Crippen LogP contribution in [0.1, 0.15) is 52.7 Å². The molecule has 9 rings (SSSR count). The lowest BCUT2D eigenvalue weighted by atomic mass is 9.80. The third-order valence-electron chi connectivity index (χ3n) is 10.7. The van der Waals surface area contributed by atoms with E-state index < -0.39 is 0 Å². The minimum Gasteiger partial charge on any atom is -0.436 e. The molecule has 0 saturated heterocycles. The van der Waals surface area contributed by atoms with Gasteiger partial charge in [0.25, 0.3) is 0 Å². The van der Waals surface area contributed by atoms with E-state index >= 15 is 0 Å². The van der Waals surface area contributed by atoms with Crippen LogP contribution in [0.5, 0.6) is 0 Å². The van der Waals surface area contributed by atoms with Crippen LogP contribution in [0, 0.1) is 0 Å². The van der Waals surface area contributed by atoms with Crippen molar-refractivity contribution in [2.45, 2.75) is 52.4 Å². The summed E-state index contributed by atoms with van der Waals surface area (Å²) in [4.78, 5) is 5.03. The van der Waals surface area contributed by atoms with Gasteiger partial charge in [-0.25, -0.2) is 4.98 Å².